The van der Waals surface area contributed by atoms with Crippen LogP contribution in [-0.4, -0.2) is 54.3 Å². The summed E-state index contributed by atoms with van der Waals surface area (Å²) in [7, 11) is -4.58. The number of aromatic nitrogens is 3. The number of ether oxygens (including phenoxy) is 1. The number of nitrogens with one attached hydrogen (secondary N) is 1. The van der Waals surface area contributed by atoms with Crippen LogP contribution in [0.3, 0.4) is 0 Å². The van der Waals surface area contributed by atoms with Crippen LogP contribution >= 0.6 is 7.82 Å². The van der Waals surface area contributed by atoms with Crippen molar-refractivity contribution in [3.63, 3.8) is 0 Å². The van der Waals surface area contributed by atoms with Crippen LogP contribution in [0, 0.1) is 5.41 Å². The van der Waals surface area contributed by atoms with E-state index in [1.165, 1.54) is 11.0 Å². The molecule has 1 aliphatic rings. The zero-order valence-electron chi connectivity index (χ0n) is 10.2. The first-order chi connectivity index (χ1) is 9.26. The van der Waals surface area contributed by atoms with Gasteiger partial charge in [-0.15, -0.1) is 5.10 Å². The SMILES string of the molecule is N=C(N)c1ncn([C@@H]2O[C@H](COP(=O)(O)O)C[C@H]2O)n1. The van der Waals surface area contributed by atoms with Crippen molar-refractivity contribution >= 4 is 13.7 Å². The van der Waals surface area contributed by atoms with Gasteiger partial charge in [-0.3, -0.25) is 9.93 Å². The molecule has 12 heteroatoms. The van der Waals surface area contributed by atoms with Crippen LogP contribution in [0.1, 0.15) is 18.5 Å². The molecule has 6 N–H and O–H groups in total. The molecule has 112 valence electrons. The molecule has 3 atom stereocenters. The Hall–Kier alpha value is -1.36. The fourth-order valence-electron chi connectivity index (χ4n) is 1.78. The number of phosphoric acid groups is 1. The van der Waals surface area contributed by atoms with Gasteiger partial charge in [-0.05, 0) is 0 Å². The molecule has 2 rings (SSSR count). The summed E-state index contributed by atoms with van der Waals surface area (Å²) in [4.78, 5) is 21.0. The van der Waals surface area contributed by atoms with Crippen LogP contribution in [0.2, 0.25) is 0 Å². The van der Waals surface area contributed by atoms with Gasteiger partial charge in [0.05, 0.1) is 12.7 Å². The molecule has 0 radical (unpaired) electrons. The van der Waals surface area contributed by atoms with E-state index in [1.807, 2.05) is 0 Å². The number of amidine groups is 1. The van der Waals surface area contributed by atoms with E-state index in [2.05, 4.69) is 14.6 Å². The molecule has 1 aromatic rings. The lowest BCUT2D eigenvalue weighted by molar-refractivity contribution is -0.0566. The Morgan fingerprint density at radius 1 is 1.70 bits per heavy atom. The first-order valence-electron chi connectivity index (χ1n) is 5.55. The zero-order chi connectivity index (χ0) is 14.9. The van der Waals surface area contributed by atoms with Crippen LogP contribution < -0.4 is 5.73 Å². The summed E-state index contributed by atoms with van der Waals surface area (Å²) in [5, 5.41) is 20.9. The van der Waals surface area contributed by atoms with Gasteiger partial charge in [-0.1, -0.05) is 0 Å². The molecule has 1 aromatic heterocycles. The highest BCUT2D eigenvalue weighted by Crippen LogP contribution is 2.38. The maximum Gasteiger partial charge on any atom is 0.469 e. The molecule has 0 amide bonds. The van der Waals surface area contributed by atoms with Crippen molar-refractivity contribution < 1.29 is 28.7 Å². The number of hydrogen-bond donors (Lipinski definition) is 5. The predicted molar refractivity (Wildman–Crippen MR) is 63.6 cm³/mol. The Bertz CT molecular complexity index is 543. The molecular formula is C8H14N5O6P. The summed E-state index contributed by atoms with van der Waals surface area (Å²) in [6.45, 7) is -0.355. The minimum atomic E-state index is -4.58. The molecule has 20 heavy (non-hydrogen) atoms. The standard InChI is InChI=1S/C8H14N5O6P/c9-6(10)7-11-3-13(12-7)8-5(14)1-4(19-8)2-18-20(15,16)17/h3-5,8,14H,1-2H2,(H3,9,10)(H2,15,16,17)/t4-,5+,8+/m0/s1. The molecule has 2 heterocycles. The second-order valence-corrected chi connectivity index (χ2v) is 5.44. The van der Waals surface area contributed by atoms with Crippen molar-refractivity contribution in [3.05, 3.63) is 12.2 Å². The number of aliphatic hydroxyl groups excluding tert-OH is 1. The van der Waals surface area contributed by atoms with Crippen molar-refractivity contribution in [1.82, 2.24) is 14.8 Å². The Labute approximate surface area is 113 Å². The van der Waals surface area contributed by atoms with Gasteiger partial charge >= 0.3 is 7.82 Å². The van der Waals surface area contributed by atoms with Gasteiger partial charge in [0.15, 0.2) is 12.1 Å². The number of aliphatic hydroxyl groups is 1. The van der Waals surface area contributed by atoms with Crippen LogP contribution in [0.25, 0.3) is 0 Å². The molecule has 0 aromatic carbocycles. The molecule has 1 saturated heterocycles. The van der Waals surface area contributed by atoms with E-state index < -0.39 is 26.3 Å². The molecular weight excluding hydrogens is 293 g/mol. The van der Waals surface area contributed by atoms with Gasteiger partial charge in [0.1, 0.15) is 12.4 Å². The number of hydrogen-bond acceptors (Lipinski definition) is 7. The van der Waals surface area contributed by atoms with Crippen LogP contribution in [-0.2, 0) is 13.8 Å². The lowest BCUT2D eigenvalue weighted by atomic mass is 10.2. The van der Waals surface area contributed by atoms with Crippen molar-refractivity contribution in [1.29, 1.82) is 5.41 Å². The summed E-state index contributed by atoms with van der Waals surface area (Å²) in [6.07, 6.45) is -1.13. The van der Waals surface area contributed by atoms with E-state index >= 15 is 0 Å². The first kappa shape index (κ1) is 15.0. The number of rotatable bonds is 5. The summed E-state index contributed by atoms with van der Waals surface area (Å²) in [5.41, 5.74) is 5.22. The summed E-state index contributed by atoms with van der Waals surface area (Å²) >= 11 is 0. The minimum absolute atomic E-state index is 0.00397. The minimum Gasteiger partial charge on any atom is -0.388 e. The Morgan fingerprint density at radius 3 is 2.95 bits per heavy atom. The lowest BCUT2D eigenvalue weighted by Gasteiger charge is -2.14. The molecule has 0 bridgehead atoms. The van der Waals surface area contributed by atoms with E-state index in [0.717, 1.165) is 0 Å². The Balaban J connectivity index is 1.99. The maximum absolute atomic E-state index is 10.6. The lowest BCUT2D eigenvalue weighted by Crippen LogP contribution is -2.21. The van der Waals surface area contributed by atoms with Crippen molar-refractivity contribution in [2.24, 2.45) is 5.73 Å². The average molecular weight is 307 g/mol. The highest BCUT2D eigenvalue weighted by atomic mass is 31.2. The monoisotopic (exact) mass is 307 g/mol. The van der Waals surface area contributed by atoms with E-state index in [-0.39, 0.29) is 24.7 Å². The summed E-state index contributed by atoms with van der Waals surface area (Å²) < 4.78 is 21.5. The first-order valence-corrected chi connectivity index (χ1v) is 7.08. The van der Waals surface area contributed by atoms with Crippen LogP contribution in [0.4, 0.5) is 0 Å². The third-order valence-electron chi connectivity index (χ3n) is 2.60. The largest absolute Gasteiger partial charge is 0.469 e. The number of nitrogens with two attached hydrogens (primary N) is 1. The van der Waals surface area contributed by atoms with Gasteiger partial charge in [0.25, 0.3) is 0 Å². The molecule has 1 aliphatic heterocycles. The van der Waals surface area contributed by atoms with E-state index in [0.29, 0.717) is 0 Å². The highest BCUT2D eigenvalue weighted by Gasteiger charge is 2.37. The number of nitrogens with zero attached hydrogens (tertiary/aromatic N) is 3. The molecule has 0 unspecified atom stereocenters. The van der Waals surface area contributed by atoms with Gasteiger partial charge in [0.2, 0.25) is 5.82 Å². The molecule has 1 fully saturated rings. The number of nitrogen functional groups attached to an aromatic ring is 1. The van der Waals surface area contributed by atoms with Gasteiger partial charge < -0.3 is 25.4 Å². The van der Waals surface area contributed by atoms with Crippen molar-refractivity contribution in [2.45, 2.75) is 24.9 Å². The highest BCUT2D eigenvalue weighted by molar-refractivity contribution is 7.46. The van der Waals surface area contributed by atoms with Crippen molar-refractivity contribution in [3.8, 4) is 0 Å². The summed E-state index contributed by atoms with van der Waals surface area (Å²) in [6, 6.07) is 0. The smallest absolute Gasteiger partial charge is 0.388 e. The Morgan fingerprint density at radius 2 is 2.40 bits per heavy atom. The van der Waals surface area contributed by atoms with Crippen LogP contribution in [0.15, 0.2) is 6.33 Å². The zero-order valence-corrected chi connectivity index (χ0v) is 11.1. The van der Waals surface area contributed by atoms with E-state index in [4.69, 9.17) is 25.7 Å². The third kappa shape index (κ3) is 3.60. The second kappa shape index (κ2) is 5.56. The third-order valence-corrected chi connectivity index (χ3v) is 3.09. The van der Waals surface area contributed by atoms with Gasteiger partial charge in [-0.25, -0.2) is 14.2 Å². The quantitative estimate of drug-likeness (QED) is 0.241. The maximum atomic E-state index is 10.6. The van der Waals surface area contributed by atoms with Gasteiger partial charge in [-0.2, -0.15) is 0 Å². The van der Waals surface area contributed by atoms with Gasteiger partial charge in [0, 0.05) is 6.42 Å². The fourth-order valence-corrected chi connectivity index (χ4v) is 2.14. The van der Waals surface area contributed by atoms with Crippen LogP contribution in [0.5, 0.6) is 0 Å². The Kier molecular flexibility index (Phi) is 4.18. The molecule has 0 spiro atoms. The number of phosphoric ester groups is 1. The molecule has 0 aliphatic carbocycles. The summed E-state index contributed by atoms with van der Waals surface area (Å²) in [5.74, 6) is -0.326. The van der Waals surface area contributed by atoms with E-state index in [1.54, 1.807) is 0 Å². The molecule has 11 nitrogen and oxygen atoms in total. The molecule has 0 saturated carbocycles. The second-order valence-electron chi connectivity index (χ2n) is 4.20. The normalized spacial score (nSPS) is 26.9. The predicted octanol–water partition coefficient (Wildman–Crippen LogP) is -1.68. The topological polar surface area (TPSA) is 177 Å². The van der Waals surface area contributed by atoms with Crippen molar-refractivity contribution in [2.75, 3.05) is 6.61 Å². The fraction of sp³-hybridized carbons (Fsp3) is 0.625. The van der Waals surface area contributed by atoms with E-state index in [9.17, 15) is 9.67 Å². The average Bonchev–Trinajstić information content (AvgIpc) is 2.91.